The molecular weight excluding hydrogens is 382 g/mol. The number of amides is 2. The van der Waals surface area contributed by atoms with Gasteiger partial charge in [0.25, 0.3) is 0 Å². The summed E-state index contributed by atoms with van der Waals surface area (Å²) >= 11 is 0. The van der Waals surface area contributed by atoms with Gasteiger partial charge in [0, 0.05) is 50.0 Å². The number of nitrogens with zero attached hydrogens (tertiary/aromatic N) is 4. The Morgan fingerprint density at radius 2 is 2.03 bits per heavy atom. The molecule has 2 aliphatic rings. The third kappa shape index (κ3) is 3.67. The molecular formula is C22H29N5O3. The van der Waals surface area contributed by atoms with Crippen molar-refractivity contribution in [1.29, 1.82) is 0 Å². The number of benzene rings is 1. The number of nitrogens with two attached hydrogens (primary N) is 1. The van der Waals surface area contributed by atoms with Crippen LogP contribution in [0.3, 0.4) is 0 Å². The molecule has 1 aliphatic heterocycles. The maximum atomic E-state index is 12.5. The second-order valence-electron chi connectivity index (χ2n) is 8.57. The van der Waals surface area contributed by atoms with Crippen LogP contribution in [0.5, 0.6) is 0 Å². The summed E-state index contributed by atoms with van der Waals surface area (Å²) in [7, 11) is 1.54. The average molecular weight is 412 g/mol. The normalized spacial score (nSPS) is 23.2. The highest BCUT2D eigenvalue weighted by Gasteiger charge is 2.46. The molecule has 8 heteroatoms. The van der Waals surface area contributed by atoms with Gasteiger partial charge in [-0.25, -0.2) is 4.79 Å². The highest BCUT2D eigenvalue weighted by Crippen LogP contribution is 2.49. The molecule has 4 rings (SSSR count). The molecule has 8 nitrogen and oxygen atoms in total. The SMILES string of the molecule is CC(=O)N1c2ccc(-c3cnn(CCN(C)C(=O)O)c3)cc2[C@H](N)[C@@H](C)[C@@H]1C1CC1. The van der Waals surface area contributed by atoms with Crippen molar-refractivity contribution in [2.75, 3.05) is 18.5 Å². The van der Waals surface area contributed by atoms with Gasteiger partial charge in [-0.05, 0) is 47.9 Å². The Morgan fingerprint density at radius 3 is 2.67 bits per heavy atom. The number of likely N-dealkylation sites (N-methyl/N-ethyl adjacent to an activating group) is 1. The fourth-order valence-corrected chi connectivity index (χ4v) is 4.55. The monoisotopic (exact) mass is 411 g/mol. The largest absolute Gasteiger partial charge is 0.465 e. The molecule has 1 aromatic heterocycles. The summed E-state index contributed by atoms with van der Waals surface area (Å²) in [6.07, 6.45) is 5.05. The number of rotatable bonds is 5. The number of carboxylic acid groups (broad SMARTS) is 1. The van der Waals surface area contributed by atoms with Crippen LogP contribution in [-0.2, 0) is 11.3 Å². The standard InChI is InChI=1S/C22H29N5O3/c1-13-20(23)18-10-16(17-11-24-26(12-17)9-8-25(3)22(29)30)6-7-19(18)27(14(2)28)21(13)15-4-5-15/h6-7,10-13,15,20-21H,4-5,8-9,23H2,1-3H3,(H,29,30)/t13-,20-,21-/m1/s1. The van der Waals surface area contributed by atoms with Crippen molar-refractivity contribution >= 4 is 17.7 Å². The van der Waals surface area contributed by atoms with Crippen LogP contribution < -0.4 is 10.6 Å². The third-order valence-corrected chi connectivity index (χ3v) is 6.45. The Labute approximate surface area is 176 Å². The third-order valence-electron chi connectivity index (χ3n) is 6.45. The van der Waals surface area contributed by atoms with E-state index in [0.29, 0.717) is 19.0 Å². The van der Waals surface area contributed by atoms with Crippen LogP contribution in [0.4, 0.5) is 10.5 Å². The van der Waals surface area contributed by atoms with Gasteiger partial charge < -0.3 is 20.6 Å². The van der Waals surface area contributed by atoms with Crippen molar-refractivity contribution in [1.82, 2.24) is 14.7 Å². The minimum atomic E-state index is -0.959. The van der Waals surface area contributed by atoms with Gasteiger partial charge in [0.2, 0.25) is 5.91 Å². The lowest BCUT2D eigenvalue weighted by Crippen LogP contribution is -2.51. The van der Waals surface area contributed by atoms with Crippen LogP contribution in [0, 0.1) is 11.8 Å². The molecule has 1 aromatic carbocycles. The van der Waals surface area contributed by atoms with Gasteiger partial charge in [-0.15, -0.1) is 0 Å². The zero-order chi connectivity index (χ0) is 21.6. The number of hydrogen-bond donors (Lipinski definition) is 2. The summed E-state index contributed by atoms with van der Waals surface area (Å²) < 4.78 is 1.74. The number of carbonyl (C=O) groups is 2. The lowest BCUT2D eigenvalue weighted by molar-refractivity contribution is -0.117. The van der Waals surface area contributed by atoms with Crippen LogP contribution in [0.25, 0.3) is 11.1 Å². The van der Waals surface area contributed by atoms with Crippen LogP contribution in [0.15, 0.2) is 30.6 Å². The van der Waals surface area contributed by atoms with Crippen molar-refractivity contribution < 1.29 is 14.7 Å². The topological polar surface area (TPSA) is 105 Å². The predicted octanol–water partition coefficient (Wildman–Crippen LogP) is 2.94. The van der Waals surface area contributed by atoms with E-state index in [1.54, 1.807) is 17.8 Å². The van der Waals surface area contributed by atoms with Crippen LogP contribution in [0.1, 0.15) is 38.3 Å². The van der Waals surface area contributed by atoms with E-state index >= 15 is 0 Å². The highest BCUT2D eigenvalue weighted by molar-refractivity contribution is 5.94. The van der Waals surface area contributed by atoms with Gasteiger partial charge >= 0.3 is 6.09 Å². The maximum Gasteiger partial charge on any atom is 0.407 e. The second kappa shape index (κ2) is 7.75. The number of hydrogen-bond acceptors (Lipinski definition) is 4. The lowest BCUT2D eigenvalue weighted by Gasteiger charge is -2.44. The predicted molar refractivity (Wildman–Crippen MR) is 114 cm³/mol. The van der Waals surface area contributed by atoms with E-state index in [-0.39, 0.29) is 23.9 Å². The molecule has 1 saturated carbocycles. The summed E-state index contributed by atoms with van der Waals surface area (Å²) in [6, 6.07) is 6.13. The molecule has 160 valence electrons. The first kappa shape index (κ1) is 20.4. The van der Waals surface area contributed by atoms with E-state index in [4.69, 9.17) is 10.8 Å². The van der Waals surface area contributed by atoms with Gasteiger partial charge in [-0.2, -0.15) is 5.10 Å². The maximum absolute atomic E-state index is 12.5. The molecule has 3 N–H and O–H groups in total. The zero-order valence-electron chi connectivity index (χ0n) is 17.7. The van der Waals surface area contributed by atoms with Gasteiger partial charge in [-0.3, -0.25) is 9.48 Å². The van der Waals surface area contributed by atoms with E-state index in [1.165, 1.54) is 11.9 Å². The number of carbonyl (C=O) groups excluding carboxylic acids is 1. The highest BCUT2D eigenvalue weighted by atomic mass is 16.4. The fourth-order valence-electron chi connectivity index (χ4n) is 4.55. The van der Waals surface area contributed by atoms with Gasteiger partial charge in [0.1, 0.15) is 0 Å². The first-order valence-corrected chi connectivity index (χ1v) is 10.4. The summed E-state index contributed by atoms with van der Waals surface area (Å²) in [4.78, 5) is 26.6. The smallest absolute Gasteiger partial charge is 0.407 e. The Hall–Kier alpha value is -2.87. The van der Waals surface area contributed by atoms with E-state index in [2.05, 4.69) is 18.1 Å². The zero-order valence-corrected chi connectivity index (χ0v) is 17.7. The molecule has 0 unspecified atom stereocenters. The van der Waals surface area contributed by atoms with E-state index < -0.39 is 6.09 Å². The van der Waals surface area contributed by atoms with Crippen molar-refractivity contribution in [3.05, 3.63) is 36.2 Å². The first-order valence-electron chi connectivity index (χ1n) is 10.4. The first-order chi connectivity index (χ1) is 14.3. The number of fused-ring (bicyclic) bond motifs is 1. The molecule has 1 aliphatic carbocycles. The Kier molecular flexibility index (Phi) is 5.27. The molecule has 0 bridgehead atoms. The van der Waals surface area contributed by atoms with E-state index in [9.17, 15) is 9.59 Å². The molecule has 0 saturated heterocycles. The molecule has 2 aromatic rings. The van der Waals surface area contributed by atoms with Crippen LogP contribution in [0.2, 0.25) is 0 Å². The molecule has 2 amide bonds. The Morgan fingerprint density at radius 1 is 1.30 bits per heavy atom. The molecule has 30 heavy (non-hydrogen) atoms. The summed E-state index contributed by atoms with van der Waals surface area (Å²) in [6.45, 7) is 4.62. The van der Waals surface area contributed by atoms with Crippen molar-refractivity contribution in [2.45, 2.75) is 45.3 Å². The van der Waals surface area contributed by atoms with E-state index in [0.717, 1.165) is 35.2 Å². The number of aromatic nitrogens is 2. The van der Waals surface area contributed by atoms with Crippen LogP contribution in [-0.4, -0.2) is 51.4 Å². The second-order valence-corrected chi connectivity index (χ2v) is 8.57. The summed E-state index contributed by atoms with van der Waals surface area (Å²) in [5.41, 5.74) is 10.5. The van der Waals surface area contributed by atoms with Gasteiger partial charge in [0.15, 0.2) is 0 Å². The molecule has 2 heterocycles. The Bertz CT molecular complexity index is 967. The summed E-state index contributed by atoms with van der Waals surface area (Å²) in [5.74, 6) is 0.804. The van der Waals surface area contributed by atoms with Crippen LogP contribution >= 0.6 is 0 Å². The van der Waals surface area contributed by atoms with E-state index in [1.807, 2.05) is 23.2 Å². The fraction of sp³-hybridized carbons (Fsp3) is 0.500. The van der Waals surface area contributed by atoms with Crippen molar-refractivity contribution in [2.24, 2.45) is 17.6 Å². The van der Waals surface area contributed by atoms with Crippen molar-refractivity contribution in [3.8, 4) is 11.1 Å². The minimum Gasteiger partial charge on any atom is -0.465 e. The Balaban J connectivity index is 1.61. The number of anilines is 1. The quantitative estimate of drug-likeness (QED) is 0.787. The summed E-state index contributed by atoms with van der Waals surface area (Å²) in [5, 5.41) is 13.3. The molecule has 1 fully saturated rings. The minimum absolute atomic E-state index is 0.0648. The van der Waals surface area contributed by atoms with Gasteiger partial charge in [-0.1, -0.05) is 13.0 Å². The average Bonchev–Trinajstić information content (AvgIpc) is 3.44. The van der Waals surface area contributed by atoms with Crippen molar-refractivity contribution in [3.63, 3.8) is 0 Å². The molecule has 0 radical (unpaired) electrons. The van der Waals surface area contributed by atoms with Gasteiger partial charge in [0.05, 0.1) is 12.7 Å². The molecule has 3 atom stereocenters. The molecule has 0 spiro atoms. The lowest BCUT2D eigenvalue weighted by atomic mass is 9.80.